The van der Waals surface area contributed by atoms with E-state index in [9.17, 15) is 9.59 Å². The molecular weight excluding hydrogens is 302 g/mol. The summed E-state index contributed by atoms with van der Waals surface area (Å²) in [6.07, 6.45) is 3.87. The molecule has 1 aliphatic rings. The Hall–Kier alpha value is -1.88. The molecule has 0 bridgehead atoms. The number of benzene rings is 1. The van der Waals surface area contributed by atoms with Crippen molar-refractivity contribution in [2.24, 2.45) is 5.92 Å². The average Bonchev–Trinajstić information content (AvgIpc) is 2.59. The van der Waals surface area contributed by atoms with Crippen LogP contribution in [-0.2, 0) is 16.1 Å². The molecule has 1 aromatic rings. The maximum Gasteiger partial charge on any atom is 0.224 e. The lowest BCUT2D eigenvalue weighted by Crippen LogP contribution is -2.28. The molecule has 1 aliphatic heterocycles. The predicted molar refractivity (Wildman–Crippen MR) is 96.7 cm³/mol. The van der Waals surface area contributed by atoms with Gasteiger partial charge < -0.3 is 15.5 Å². The highest BCUT2D eigenvalue weighted by molar-refractivity contribution is 5.90. The van der Waals surface area contributed by atoms with Gasteiger partial charge in [-0.3, -0.25) is 9.59 Å². The number of amides is 2. The van der Waals surface area contributed by atoms with E-state index in [1.54, 1.807) is 11.8 Å². The second-order valence-electron chi connectivity index (χ2n) is 6.51. The summed E-state index contributed by atoms with van der Waals surface area (Å²) in [5, 5.41) is 6.33. The standard InChI is InChI=1S/C19H29N3O2/c1-3-22(15(2)23)14-17-5-4-6-18(13-17)21-19(24)8-7-16-9-11-20-12-10-16/h4-6,13,16,20H,3,7-12,14H2,1-2H3,(H,21,24). The van der Waals surface area contributed by atoms with Crippen molar-refractivity contribution in [1.82, 2.24) is 10.2 Å². The lowest BCUT2D eigenvalue weighted by molar-refractivity contribution is -0.129. The van der Waals surface area contributed by atoms with Crippen LogP contribution in [-0.4, -0.2) is 36.3 Å². The van der Waals surface area contributed by atoms with Crippen LogP contribution in [0.3, 0.4) is 0 Å². The Kier molecular flexibility index (Phi) is 7.25. The fourth-order valence-corrected chi connectivity index (χ4v) is 3.14. The van der Waals surface area contributed by atoms with E-state index < -0.39 is 0 Å². The van der Waals surface area contributed by atoms with E-state index in [0.29, 0.717) is 25.4 Å². The van der Waals surface area contributed by atoms with Crippen molar-refractivity contribution < 1.29 is 9.59 Å². The summed E-state index contributed by atoms with van der Waals surface area (Å²) in [4.78, 5) is 25.5. The van der Waals surface area contributed by atoms with Gasteiger partial charge >= 0.3 is 0 Å². The quantitative estimate of drug-likeness (QED) is 0.807. The zero-order valence-electron chi connectivity index (χ0n) is 14.8. The van der Waals surface area contributed by atoms with Gasteiger partial charge in [-0.25, -0.2) is 0 Å². The third-order valence-corrected chi connectivity index (χ3v) is 4.65. The van der Waals surface area contributed by atoms with E-state index in [-0.39, 0.29) is 11.8 Å². The van der Waals surface area contributed by atoms with Crippen molar-refractivity contribution in [2.45, 2.75) is 46.1 Å². The molecule has 2 amide bonds. The minimum absolute atomic E-state index is 0.0638. The summed E-state index contributed by atoms with van der Waals surface area (Å²) in [6, 6.07) is 7.76. The van der Waals surface area contributed by atoms with Gasteiger partial charge in [-0.15, -0.1) is 0 Å². The molecule has 0 aliphatic carbocycles. The lowest BCUT2D eigenvalue weighted by Gasteiger charge is -2.22. The summed E-state index contributed by atoms with van der Waals surface area (Å²) in [7, 11) is 0. The van der Waals surface area contributed by atoms with Gasteiger partial charge in [0.2, 0.25) is 11.8 Å². The molecule has 0 unspecified atom stereocenters. The molecule has 24 heavy (non-hydrogen) atoms. The average molecular weight is 331 g/mol. The molecule has 1 saturated heterocycles. The second-order valence-corrected chi connectivity index (χ2v) is 6.51. The molecule has 0 aromatic heterocycles. The first-order valence-electron chi connectivity index (χ1n) is 8.93. The van der Waals surface area contributed by atoms with Gasteiger partial charge in [0.15, 0.2) is 0 Å². The minimum atomic E-state index is 0.0638. The van der Waals surface area contributed by atoms with Gasteiger partial charge in [0.1, 0.15) is 0 Å². The van der Waals surface area contributed by atoms with Gasteiger partial charge in [0.25, 0.3) is 0 Å². The fraction of sp³-hybridized carbons (Fsp3) is 0.579. The molecule has 2 N–H and O–H groups in total. The van der Waals surface area contributed by atoms with Crippen molar-refractivity contribution in [3.8, 4) is 0 Å². The molecule has 1 aromatic carbocycles. The molecule has 5 nitrogen and oxygen atoms in total. The maximum atomic E-state index is 12.2. The van der Waals surface area contributed by atoms with Crippen molar-refractivity contribution in [2.75, 3.05) is 25.0 Å². The van der Waals surface area contributed by atoms with Crippen molar-refractivity contribution >= 4 is 17.5 Å². The number of rotatable bonds is 7. The van der Waals surface area contributed by atoms with Crippen LogP contribution in [0.1, 0.15) is 45.1 Å². The fourth-order valence-electron chi connectivity index (χ4n) is 3.14. The molecule has 0 saturated carbocycles. The number of piperidine rings is 1. The molecule has 0 radical (unpaired) electrons. The van der Waals surface area contributed by atoms with Crippen molar-refractivity contribution in [3.05, 3.63) is 29.8 Å². The first-order valence-corrected chi connectivity index (χ1v) is 8.93. The Morgan fingerprint density at radius 2 is 2.04 bits per heavy atom. The molecule has 5 heteroatoms. The van der Waals surface area contributed by atoms with Gasteiger partial charge in [-0.1, -0.05) is 12.1 Å². The number of carbonyl (C=O) groups is 2. The summed E-state index contributed by atoms with van der Waals surface area (Å²) in [6.45, 7) is 6.94. The normalized spacial score (nSPS) is 15.1. The van der Waals surface area contributed by atoms with Crippen LogP contribution in [0, 0.1) is 5.92 Å². The van der Waals surface area contributed by atoms with Crippen molar-refractivity contribution in [3.63, 3.8) is 0 Å². The third-order valence-electron chi connectivity index (χ3n) is 4.65. The summed E-state index contributed by atoms with van der Waals surface area (Å²) in [5.74, 6) is 0.801. The zero-order valence-corrected chi connectivity index (χ0v) is 14.8. The molecular formula is C19H29N3O2. The number of hydrogen-bond acceptors (Lipinski definition) is 3. The Balaban J connectivity index is 1.84. The van der Waals surface area contributed by atoms with Gasteiger partial charge in [0.05, 0.1) is 0 Å². The highest BCUT2D eigenvalue weighted by Gasteiger charge is 2.14. The summed E-state index contributed by atoms with van der Waals surface area (Å²) in [5.41, 5.74) is 1.84. The topological polar surface area (TPSA) is 61.4 Å². The van der Waals surface area contributed by atoms with Crippen LogP contribution in [0.4, 0.5) is 5.69 Å². The monoisotopic (exact) mass is 331 g/mol. The predicted octanol–water partition coefficient (Wildman–Crippen LogP) is 2.77. The largest absolute Gasteiger partial charge is 0.339 e. The Bertz CT molecular complexity index is 553. The number of nitrogens with one attached hydrogen (secondary N) is 2. The zero-order chi connectivity index (χ0) is 17.4. The number of anilines is 1. The number of hydrogen-bond donors (Lipinski definition) is 2. The number of nitrogens with zero attached hydrogens (tertiary/aromatic N) is 1. The van der Waals surface area contributed by atoms with E-state index >= 15 is 0 Å². The Morgan fingerprint density at radius 1 is 1.29 bits per heavy atom. The van der Waals surface area contributed by atoms with Gasteiger partial charge in [0, 0.05) is 32.1 Å². The maximum absolute atomic E-state index is 12.2. The van der Waals surface area contributed by atoms with Crippen LogP contribution >= 0.6 is 0 Å². The van der Waals surface area contributed by atoms with E-state index in [1.165, 1.54) is 12.8 Å². The van der Waals surface area contributed by atoms with Crippen LogP contribution in [0.15, 0.2) is 24.3 Å². The van der Waals surface area contributed by atoms with Crippen LogP contribution in [0.5, 0.6) is 0 Å². The van der Waals surface area contributed by atoms with E-state index in [4.69, 9.17) is 0 Å². The summed E-state index contributed by atoms with van der Waals surface area (Å²) >= 11 is 0. The van der Waals surface area contributed by atoms with E-state index in [2.05, 4.69) is 10.6 Å². The first kappa shape index (κ1) is 18.5. The van der Waals surface area contributed by atoms with Gasteiger partial charge in [-0.2, -0.15) is 0 Å². The first-order chi connectivity index (χ1) is 11.6. The molecule has 2 rings (SSSR count). The highest BCUT2D eigenvalue weighted by atomic mass is 16.2. The molecule has 132 valence electrons. The van der Waals surface area contributed by atoms with Crippen LogP contribution < -0.4 is 10.6 Å². The number of carbonyl (C=O) groups excluding carboxylic acids is 2. The van der Waals surface area contributed by atoms with Gasteiger partial charge in [-0.05, 0) is 62.9 Å². The Labute approximate surface area is 144 Å². The molecule has 0 atom stereocenters. The molecule has 0 spiro atoms. The van der Waals surface area contributed by atoms with Crippen LogP contribution in [0.25, 0.3) is 0 Å². The van der Waals surface area contributed by atoms with E-state index in [1.807, 2.05) is 31.2 Å². The smallest absolute Gasteiger partial charge is 0.224 e. The SMILES string of the molecule is CCN(Cc1cccc(NC(=O)CCC2CCNCC2)c1)C(C)=O. The highest BCUT2D eigenvalue weighted by Crippen LogP contribution is 2.19. The van der Waals surface area contributed by atoms with Crippen molar-refractivity contribution in [1.29, 1.82) is 0 Å². The third kappa shape index (κ3) is 5.96. The van der Waals surface area contributed by atoms with E-state index in [0.717, 1.165) is 30.8 Å². The summed E-state index contributed by atoms with van der Waals surface area (Å²) < 4.78 is 0. The second kappa shape index (κ2) is 9.42. The Morgan fingerprint density at radius 3 is 2.71 bits per heavy atom. The molecule has 1 heterocycles. The minimum Gasteiger partial charge on any atom is -0.339 e. The molecule has 1 fully saturated rings. The van der Waals surface area contributed by atoms with Crippen LogP contribution in [0.2, 0.25) is 0 Å². The lowest BCUT2D eigenvalue weighted by atomic mass is 9.93.